The van der Waals surface area contributed by atoms with Gasteiger partial charge in [-0.1, -0.05) is 6.42 Å². The third kappa shape index (κ3) is 3.40. The first-order chi connectivity index (χ1) is 12.6. The van der Waals surface area contributed by atoms with Gasteiger partial charge in [0.25, 0.3) is 15.9 Å². The molecule has 1 aromatic rings. The lowest BCUT2D eigenvalue weighted by atomic mass is 9.99. The lowest BCUT2D eigenvalue weighted by molar-refractivity contribution is 0.0722. The molecule has 26 heavy (non-hydrogen) atoms. The summed E-state index contributed by atoms with van der Waals surface area (Å²) in [6, 6.07) is 3.30. The van der Waals surface area contributed by atoms with Gasteiger partial charge in [0, 0.05) is 31.7 Å². The Bertz CT molecular complexity index is 756. The fraction of sp³-hybridized carbons (Fsp3) is 0.706. The molecule has 3 saturated heterocycles. The van der Waals surface area contributed by atoms with Gasteiger partial charge in [0.2, 0.25) is 5.09 Å². The topological polar surface area (TPSA) is 92.1 Å². The molecule has 3 aliphatic heterocycles. The van der Waals surface area contributed by atoms with E-state index < -0.39 is 10.0 Å². The van der Waals surface area contributed by atoms with Gasteiger partial charge < -0.3 is 14.5 Å². The highest BCUT2D eigenvalue weighted by Crippen LogP contribution is 2.27. The first kappa shape index (κ1) is 18.0. The van der Waals surface area contributed by atoms with Gasteiger partial charge in [0.05, 0.1) is 13.2 Å². The highest BCUT2D eigenvalue weighted by molar-refractivity contribution is 7.89. The molecule has 4 rings (SSSR count). The minimum absolute atomic E-state index is 0.0473. The molecule has 3 fully saturated rings. The summed E-state index contributed by atoms with van der Waals surface area (Å²) in [6.45, 7) is 3.43. The Kier molecular flexibility index (Phi) is 5.05. The van der Waals surface area contributed by atoms with Crippen molar-refractivity contribution in [3.63, 3.8) is 0 Å². The largest absolute Gasteiger partial charge is 0.438 e. The van der Waals surface area contributed by atoms with Gasteiger partial charge >= 0.3 is 0 Å². The summed E-state index contributed by atoms with van der Waals surface area (Å²) >= 11 is 0. The van der Waals surface area contributed by atoms with Crippen molar-refractivity contribution in [2.75, 3.05) is 39.4 Å². The monoisotopic (exact) mass is 383 g/mol. The predicted octanol–water partition coefficient (Wildman–Crippen LogP) is 0.657. The van der Waals surface area contributed by atoms with Crippen LogP contribution in [0.15, 0.2) is 21.6 Å². The molecule has 8 nitrogen and oxygen atoms in total. The predicted molar refractivity (Wildman–Crippen MR) is 93.4 cm³/mol. The van der Waals surface area contributed by atoms with Crippen LogP contribution in [0.5, 0.6) is 0 Å². The van der Waals surface area contributed by atoms with E-state index in [1.807, 2.05) is 0 Å². The number of piperidine rings is 1. The fourth-order valence-corrected chi connectivity index (χ4v) is 5.47. The van der Waals surface area contributed by atoms with Crippen molar-refractivity contribution in [2.45, 2.75) is 42.9 Å². The Labute approximate surface area is 153 Å². The van der Waals surface area contributed by atoms with Gasteiger partial charge in [0.1, 0.15) is 0 Å². The Morgan fingerprint density at radius 2 is 1.88 bits per heavy atom. The highest BCUT2D eigenvalue weighted by Gasteiger charge is 2.37. The van der Waals surface area contributed by atoms with Crippen LogP contribution in [0.1, 0.15) is 36.2 Å². The van der Waals surface area contributed by atoms with Gasteiger partial charge in [-0.25, -0.2) is 8.42 Å². The summed E-state index contributed by atoms with van der Waals surface area (Å²) < 4.78 is 37.1. The minimum Gasteiger partial charge on any atom is -0.438 e. The molecule has 0 bridgehead atoms. The molecule has 4 heterocycles. The lowest BCUT2D eigenvalue weighted by Crippen LogP contribution is -2.46. The number of nitrogens with zero attached hydrogens (tertiary/aromatic N) is 2. The SMILES string of the molecule is O=C(N[C@H]1CCN2CCCC[C@H]12)c1ccc(S(=O)(=O)N2CCOCC2)o1. The molecule has 9 heteroatoms. The van der Waals surface area contributed by atoms with Crippen LogP contribution in [0.4, 0.5) is 0 Å². The summed E-state index contributed by atoms with van der Waals surface area (Å²) in [4.78, 5) is 15.0. The number of carbonyl (C=O) groups is 1. The van der Waals surface area contributed by atoms with Gasteiger partial charge in [-0.05, 0) is 37.9 Å². The van der Waals surface area contributed by atoms with Crippen molar-refractivity contribution in [3.8, 4) is 0 Å². The van der Waals surface area contributed by atoms with Crippen LogP contribution in [-0.2, 0) is 14.8 Å². The third-order valence-corrected chi connectivity index (χ3v) is 7.31. The molecule has 0 radical (unpaired) electrons. The standard InChI is InChI=1S/C17H25N3O5S/c21-17(18-13-6-8-19-7-2-1-3-14(13)19)15-4-5-16(25-15)26(22,23)20-9-11-24-12-10-20/h4-5,13-14H,1-3,6-12H2,(H,18,21)/t13-,14+/m0/s1. The number of fused-ring (bicyclic) bond motifs is 1. The quantitative estimate of drug-likeness (QED) is 0.821. The molecule has 1 amide bonds. The molecule has 0 saturated carbocycles. The Morgan fingerprint density at radius 1 is 1.08 bits per heavy atom. The second-order valence-corrected chi connectivity index (χ2v) is 8.97. The number of amides is 1. The summed E-state index contributed by atoms with van der Waals surface area (Å²) in [5.74, 6) is -0.294. The maximum atomic E-state index is 12.6. The van der Waals surface area contributed by atoms with Crippen molar-refractivity contribution in [3.05, 3.63) is 17.9 Å². The van der Waals surface area contributed by atoms with Crippen molar-refractivity contribution in [1.82, 2.24) is 14.5 Å². The van der Waals surface area contributed by atoms with Crippen LogP contribution in [0.3, 0.4) is 0 Å². The molecule has 2 atom stereocenters. The second-order valence-electron chi connectivity index (χ2n) is 7.10. The number of sulfonamides is 1. The molecule has 0 spiro atoms. The van der Waals surface area contributed by atoms with E-state index in [1.165, 1.54) is 29.3 Å². The van der Waals surface area contributed by atoms with Crippen LogP contribution >= 0.6 is 0 Å². The zero-order chi connectivity index (χ0) is 18.1. The number of carbonyl (C=O) groups excluding carboxylic acids is 1. The molecule has 0 aromatic carbocycles. The van der Waals surface area contributed by atoms with Crippen molar-refractivity contribution in [2.24, 2.45) is 0 Å². The van der Waals surface area contributed by atoms with E-state index >= 15 is 0 Å². The molecular weight excluding hydrogens is 358 g/mol. The van der Waals surface area contributed by atoms with Gasteiger partial charge in [-0.2, -0.15) is 4.31 Å². The van der Waals surface area contributed by atoms with Crippen LogP contribution in [-0.4, -0.2) is 75.0 Å². The summed E-state index contributed by atoms with van der Waals surface area (Å²) in [5, 5.41) is 2.85. The van der Waals surface area contributed by atoms with E-state index in [4.69, 9.17) is 9.15 Å². The number of hydrogen-bond acceptors (Lipinski definition) is 6. The maximum Gasteiger partial charge on any atom is 0.287 e. The average molecular weight is 383 g/mol. The summed E-state index contributed by atoms with van der Waals surface area (Å²) in [6.07, 6.45) is 4.43. The summed E-state index contributed by atoms with van der Waals surface area (Å²) in [5.41, 5.74) is 0. The smallest absolute Gasteiger partial charge is 0.287 e. The minimum atomic E-state index is -3.72. The van der Waals surface area contributed by atoms with Gasteiger partial charge in [0.15, 0.2) is 5.76 Å². The van der Waals surface area contributed by atoms with Crippen LogP contribution < -0.4 is 5.32 Å². The fourth-order valence-electron chi connectivity index (χ4n) is 4.15. The third-order valence-electron chi connectivity index (χ3n) is 5.54. The number of ether oxygens (including phenoxy) is 1. The van der Waals surface area contributed by atoms with Crippen LogP contribution in [0.25, 0.3) is 0 Å². The number of morpholine rings is 1. The van der Waals surface area contributed by atoms with Gasteiger partial charge in [-0.3, -0.25) is 9.69 Å². The van der Waals surface area contributed by atoms with E-state index in [0.29, 0.717) is 32.3 Å². The number of furan rings is 1. The number of nitrogens with one attached hydrogen (secondary N) is 1. The van der Waals surface area contributed by atoms with E-state index in [1.54, 1.807) is 0 Å². The average Bonchev–Trinajstić information content (AvgIpc) is 3.31. The van der Waals surface area contributed by atoms with E-state index in [-0.39, 0.29) is 22.8 Å². The van der Waals surface area contributed by atoms with E-state index in [0.717, 1.165) is 25.9 Å². The van der Waals surface area contributed by atoms with Crippen molar-refractivity contribution in [1.29, 1.82) is 0 Å². The first-order valence-corrected chi connectivity index (χ1v) is 10.7. The zero-order valence-electron chi connectivity index (χ0n) is 14.7. The Morgan fingerprint density at radius 3 is 2.69 bits per heavy atom. The zero-order valence-corrected chi connectivity index (χ0v) is 15.5. The molecular formula is C17H25N3O5S. The van der Waals surface area contributed by atoms with Crippen LogP contribution in [0, 0.1) is 0 Å². The van der Waals surface area contributed by atoms with Crippen LogP contribution in [0.2, 0.25) is 0 Å². The Balaban J connectivity index is 1.43. The highest BCUT2D eigenvalue weighted by atomic mass is 32.2. The molecule has 144 valence electrons. The van der Waals surface area contributed by atoms with E-state index in [2.05, 4.69) is 10.2 Å². The van der Waals surface area contributed by atoms with Gasteiger partial charge in [-0.15, -0.1) is 0 Å². The molecule has 0 aliphatic carbocycles. The normalized spacial score (nSPS) is 28.0. The molecule has 1 aromatic heterocycles. The maximum absolute atomic E-state index is 12.6. The van der Waals surface area contributed by atoms with Crippen molar-refractivity contribution < 1.29 is 22.4 Å². The molecule has 3 aliphatic rings. The Hall–Kier alpha value is -1.42. The molecule has 1 N–H and O–H groups in total. The lowest BCUT2D eigenvalue weighted by Gasteiger charge is -2.32. The number of rotatable bonds is 4. The summed E-state index contributed by atoms with van der Waals surface area (Å²) in [7, 11) is -3.72. The molecule has 0 unspecified atom stereocenters. The van der Waals surface area contributed by atoms with Crippen molar-refractivity contribution >= 4 is 15.9 Å². The first-order valence-electron chi connectivity index (χ1n) is 9.28. The van der Waals surface area contributed by atoms with E-state index in [9.17, 15) is 13.2 Å². The second kappa shape index (κ2) is 7.30. The number of hydrogen-bond donors (Lipinski definition) is 1.